The zero-order valence-electron chi connectivity index (χ0n) is 14.3. The second-order valence-electron chi connectivity index (χ2n) is 7.03. The van der Waals surface area contributed by atoms with Gasteiger partial charge in [0, 0.05) is 11.4 Å². The van der Waals surface area contributed by atoms with E-state index in [0.29, 0.717) is 26.2 Å². The molecule has 3 rings (SSSR count). The summed E-state index contributed by atoms with van der Waals surface area (Å²) in [5.74, 6) is 0.295. The zero-order valence-corrected chi connectivity index (χ0v) is 15.9. The van der Waals surface area contributed by atoms with Crippen molar-refractivity contribution in [1.82, 2.24) is 9.62 Å². The Labute approximate surface area is 147 Å². The maximum absolute atomic E-state index is 12.5. The summed E-state index contributed by atoms with van der Waals surface area (Å²) < 4.78 is 30.8. The molecule has 0 bridgehead atoms. The van der Waals surface area contributed by atoms with Crippen molar-refractivity contribution < 1.29 is 17.9 Å². The highest BCUT2D eigenvalue weighted by Crippen LogP contribution is 2.37. The summed E-state index contributed by atoms with van der Waals surface area (Å²) >= 11 is 1.55. The lowest BCUT2D eigenvalue weighted by Crippen LogP contribution is -2.66. The van der Waals surface area contributed by atoms with Crippen LogP contribution in [0.2, 0.25) is 0 Å². The van der Waals surface area contributed by atoms with E-state index in [-0.39, 0.29) is 17.4 Å². The number of sulfonamides is 1. The number of thiophene rings is 1. The van der Waals surface area contributed by atoms with Gasteiger partial charge in [-0.25, -0.2) is 13.1 Å². The maximum atomic E-state index is 12.5. The first-order valence-electron chi connectivity index (χ1n) is 8.12. The number of likely N-dealkylation sites (tertiary alicyclic amines) is 1. The van der Waals surface area contributed by atoms with Crippen LogP contribution in [0.4, 0.5) is 0 Å². The Hall–Kier alpha value is -0.960. The number of hydrogen-bond donors (Lipinski definition) is 1. The minimum Gasteiger partial charge on any atom is -0.371 e. The number of nitrogens with zero attached hydrogens (tertiary/aromatic N) is 1. The highest BCUT2D eigenvalue weighted by atomic mass is 32.2. The molecule has 2 saturated heterocycles. The molecule has 6 nitrogen and oxygen atoms in total. The highest BCUT2D eigenvalue weighted by Gasteiger charge is 2.48. The van der Waals surface area contributed by atoms with Crippen LogP contribution < -0.4 is 4.72 Å². The van der Waals surface area contributed by atoms with E-state index in [2.05, 4.69) is 4.72 Å². The Morgan fingerprint density at radius 2 is 2.17 bits per heavy atom. The molecule has 1 unspecified atom stereocenters. The summed E-state index contributed by atoms with van der Waals surface area (Å²) in [6.07, 6.45) is 2.96. The number of carbonyl (C=O) groups is 1. The van der Waals surface area contributed by atoms with Crippen LogP contribution in [0.15, 0.2) is 6.07 Å². The molecule has 2 aliphatic heterocycles. The van der Waals surface area contributed by atoms with Gasteiger partial charge in [0.2, 0.25) is 10.0 Å². The standard InChI is InChI=1S/C16H24N2O4S2/c1-11-6-14(23-12(11)2)15(19)18-9-16(10-18)5-4-13(8-22-16)7-17-24(3,20)21/h6,13,17H,4-5,7-10H2,1-3H3. The van der Waals surface area contributed by atoms with Crippen LogP contribution in [0.1, 0.15) is 33.0 Å². The fourth-order valence-corrected chi connectivity index (χ4v) is 4.76. The largest absolute Gasteiger partial charge is 0.371 e. The van der Waals surface area contributed by atoms with E-state index in [1.807, 2.05) is 24.8 Å². The molecule has 1 aromatic rings. The Kier molecular flexibility index (Phi) is 4.76. The van der Waals surface area contributed by atoms with Crippen LogP contribution in [-0.4, -0.2) is 57.3 Å². The van der Waals surface area contributed by atoms with Crippen LogP contribution in [0.3, 0.4) is 0 Å². The number of aryl methyl sites for hydroxylation is 2. The lowest BCUT2D eigenvalue weighted by Gasteiger charge is -2.52. The Morgan fingerprint density at radius 3 is 2.67 bits per heavy atom. The summed E-state index contributed by atoms with van der Waals surface area (Å²) in [5, 5.41) is 0. The van der Waals surface area contributed by atoms with Crippen molar-refractivity contribution in [3.05, 3.63) is 21.4 Å². The summed E-state index contributed by atoms with van der Waals surface area (Å²) in [6, 6.07) is 1.96. The second-order valence-corrected chi connectivity index (χ2v) is 10.1. The van der Waals surface area contributed by atoms with Crippen LogP contribution in [0.5, 0.6) is 0 Å². The van der Waals surface area contributed by atoms with Gasteiger partial charge in [0.15, 0.2) is 0 Å². The summed E-state index contributed by atoms with van der Waals surface area (Å²) in [5.41, 5.74) is 0.937. The molecule has 1 atom stereocenters. The third-order valence-corrected chi connectivity index (χ3v) is 6.72. The first kappa shape index (κ1) is 17.8. The molecule has 1 spiro atoms. The molecule has 24 heavy (non-hydrogen) atoms. The molecule has 2 fully saturated rings. The number of carbonyl (C=O) groups excluding carboxylic acids is 1. The smallest absolute Gasteiger partial charge is 0.264 e. The van der Waals surface area contributed by atoms with E-state index in [1.165, 1.54) is 11.1 Å². The quantitative estimate of drug-likeness (QED) is 0.870. The molecular formula is C16H24N2O4S2. The molecule has 1 aromatic heterocycles. The molecule has 8 heteroatoms. The highest BCUT2D eigenvalue weighted by molar-refractivity contribution is 7.88. The number of ether oxygens (including phenoxy) is 1. The fourth-order valence-electron chi connectivity index (χ4n) is 3.22. The monoisotopic (exact) mass is 372 g/mol. The minimum atomic E-state index is -3.15. The average molecular weight is 373 g/mol. The molecular weight excluding hydrogens is 348 g/mol. The van der Waals surface area contributed by atoms with E-state index in [4.69, 9.17) is 4.74 Å². The van der Waals surface area contributed by atoms with Gasteiger partial charge in [0.25, 0.3) is 5.91 Å². The molecule has 0 saturated carbocycles. The SMILES string of the molecule is Cc1cc(C(=O)N2CC3(CCC(CNS(C)(=O)=O)CO3)C2)sc1C. The third-order valence-electron chi connectivity index (χ3n) is 4.89. The number of hydrogen-bond acceptors (Lipinski definition) is 5. The van der Waals surface area contributed by atoms with E-state index in [9.17, 15) is 13.2 Å². The average Bonchev–Trinajstić information content (AvgIpc) is 2.81. The molecule has 0 aliphatic carbocycles. The van der Waals surface area contributed by atoms with Gasteiger partial charge >= 0.3 is 0 Å². The number of rotatable bonds is 4. The van der Waals surface area contributed by atoms with Crippen molar-refractivity contribution in [3.8, 4) is 0 Å². The molecule has 3 heterocycles. The Morgan fingerprint density at radius 1 is 1.46 bits per heavy atom. The molecule has 2 aliphatic rings. The van der Waals surface area contributed by atoms with Gasteiger partial charge in [-0.1, -0.05) is 0 Å². The van der Waals surface area contributed by atoms with E-state index < -0.39 is 10.0 Å². The van der Waals surface area contributed by atoms with Gasteiger partial charge in [-0.15, -0.1) is 11.3 Å². The van der Waals surface area contributed by atoms with Crippen LogP contribution in [0.25, 0.3) is 0 Å². The third kappa shape index (κ3) is 3.82. The minimum absolute atomic E-state index is 0.0892. The van der Waals surface area contributed by atoms with Gasteiger partial charge < -0.3 is 9.64 Å². The van der Waals surface area contributed by atoms with E-state index in [1.54, 1.807) is 11.3 Å². The first-order chi connectivity index (χ1) is 11.2. The fraction of sp³-hybridized carbons (Fsp3) is 0.688. The Balaban J connectivity index is 1.49. The molecule has 0 aromatic carbocycles. The topological polar surface area (TPSA) is 75.7 Å². The van der Waals surface area contributed by atoms with Crippen molar-refractivity contribution in [1.29, 1.82) is 0 Å². The molecule has 1 amide bonds. The molecule has 0 radical (unpaired) electrons. The lowest BCUT2D eigenvalue weighted by molar-refractivity contribution is -0.165. The summed E-state index contributed by atoms with van der Waals surface area (Å²) in [7, 11) is -3.15. The second kappa shape index (κ2) is 6.40. The van der Waals surface area contributed by atoms with Gasteiger partial charge in [-0.2, -0.15) is 0 Å². The van der Waals surface area contributed by atoms with Crippen molar-refractivity contribution in [3.63, 3.8) is 0 Å². The normalized spacial score (nSPS) is 23.3. The van der Waals surface area contributed by atoms with Gasteiger partial charge in [-0.3, -0.25) is 4.79 Å². The van der Waals surface area contributed by atoms with Crippen molar-refractivity contribution in [2.75, 3.05) is 32.5 Å². The summed E-state index contributed by atoms with van der Waals surface area (Å²) in [6.45, 7) is 6.29. The van der Waals surface area contributed by atoms with Gasteiger partial charge in [0.05, 0.1) is 30.8 Å². The van der Waals surface area contributed by atoms with Crippen molar-refractivity contribution in [2.45, 2.75) is 32.3 Å². The Bertz CT molecular complexity index is 706. The predicted octanol–water partition coefficient (Wildman–Crippen LogP) is 1.54. The van der Waals surface area contributed by atoms with E-state index >= 15 is 0 Å². The molecule has 134 valence electrons. The van der Waals surface area contributed by atoms with Crippen LogP contribution in [-0.2, 0) is 14.8 Å². The number of nitrogens with one attached hydrogen (secondary N) is 1. The van der Waals surface area contributed by atoms with Gasteiger partial charge in [0.1, 0.15) is 5.60 Å². The number of amides is 1. The van der Waals surface area contributed by atoms with E-state index in [0.717, 1.165) is 23.3 Å². The predicted molar refractivity (Wildman–Crippen MR) is 94.0 cm³/mol. The van der Waals surface area contributed by atoms with Crippen LogP contribution >= 0.6 is 11.3 Å². The van der Waals surface area contributed by atoms with Crippen LogP contribution in [0, 0.1) is 19.8 Å². The van der Waals surface area contributed by atoms with Gasteiger partial charge in [-0.05, 0) is 44.2 Å². The first-order valence-corrected chi connectivity index (χ1v) is 10.8. The molecule has 1 N–H and O–H groups in total. The summed E-state index contributed by atoms with van der Waals surface area (Å²) in [4.78, 5) is 16.3. The van der Waals surface area contributed by atoms with Crippen molar-refractivity contribution in [2.24, 2.45) is 5.92 Å². The lowest BCUT2D eigenvalue weighted by atomic mass is 9.83. The van der Waals surface area contributed by atoms with Crippen molar-refractivity contribution >= 4 is 27.3 Å². The maximum Gasteiger partial charge on any atom is 0.264 e. The zero-order chi connectivity index (χ0) is 17.5.